The van der Waals surface area contributed by atoms with Crippen molar-refractivity contribution in [3.63, 3.8) is 0 Å². The fourth-order valence-corrected chi connectivity index (χ4v) is 4.03. The van der Waals surface area contributed by atoms with E-state index in [0.717, 1.165) is 37.8 Å². The van der Waals surface area contributed by atoms with Gasteiger partial charge in [-0.05, 0) is 64.2 Å². The highest BCUT2D eigenvalue weighted by Gasteiger charge is 2.37. The maximum atomic E-state index is 12.3. The SMILES string of the molecule is CC(C)(C)OC(=O)N1CCC2CC(CNc3cnccn3)CCC2C1. The second kappa shape index (κ2) is 7.58. The van der Waals surface area contributed by atoms with Crippen LogP contribution in [-0.4, -0.2) is 46.2 Å². The van der Waals surface area contributed by atoms with Crippen LogP contribution >= 0.6 is 0 Å². The van der Waals surface area contributed by atoms with E-state index in [4.69, 9.17) is 4.74 Å². The van der Waals surface area contributed by atoms with Gasteiger partial charge in [0.15, 0.2) is 0 Å². The molecule has 2 aliphatic rings. The monoisotopic (exact) mass is 346 g/mol. The number of carbonyl (C=O) groups is 1. The number of likely N-dealkylation sites (tertiary alicyclic amines) is 1. The molecule has 3 atom stereocenters. The molecule has 1 aromatic heterocycles. The van der Waals surface area contributed by atoms with Gasteiger partial charge in [-0.3, -0.25) is 4.98 Å². The smallest absolute Gasteiger partial charge is 0.410 e. The van der Waals surface area contributed by atoms with Crippen molar-refractivity contribution in [1.82, 2.24) is 14.9 Å². The Bertz CT molecular complexity index is 573. The Balaban J connectivity index is 1.46. The van der Waals surface area contributed by atoms with Crippen LogP contribution in [-0.2, 0) is 4.74 Å². The number of nitrogens with zero attached hydrogens (tertiary/aromatic N) is 3. The second-order valence-corrected chi connectivity index (χ2v) is 8.39. The summed E-state index contributed by atoms with van der Waals surface area (Å²) in [5.41, 5.74) is -0.419. The van der Waals surface area contributed by atoms with Gasteiger partial charge in [-0.2, -0.15) is 0 Å². The molecule has 2 fully saturated rings. The zero-order valence-corrected chi connectivity index (χ0v) is 15.6. The van der Waals surface area contributed by atoms with Gasteiger partial charge in [0, 0.05) is 32.0 Å². The topological polar surface area (TPSA) is 67.3 Å². The van der Waals surface area contributed by atoms with Crippen molar-refractivity contribution < 1.29 is 9.53 Å². The predicted molar refractivity (Wildman–Crippen MR) is 97.3 cm³/mol. The Morgan fingerprint density at radius 2 is 2.12 bits per heavy atom. The number of anilines is 1. The number of carbonyl (C=O) groups excluding carboxylic acids is 1. The molecule has 0 aromatic carbocycles. The van der Waals surface area contributed by atoms with Crippen LogP contribution in [0.2, 0.25) is 0 Å². The van der Waals surface area contributed by atoms with Crippen LogP contribution in [0.25, 0.3) is 0 Å². The standard InChI is InChI=1S/C19H30N4O2/c1-19(2,3)25-18(24)23-9-6-15-10-14(4-5-16(15)13-23)11-22-17-12-20-7-8-21-17/h7-8,12,14-16H,4-6,9-11,13H2,1-3H3,(H,21,22). The summed E-state index contributed by atoms with van der Waals surface area (Å²) in [5.74, 6) is 2.87. The lowest BCUT2D eigenvalue weighted by Gasteiger charge is -2.43. The summed E-state index contributed by atoms with van der Waals surface area (Å²) in [6.07, 6.45) is 9.74. The Morgan fingerprint density at radius 3 is 2.84 bits per heavy atom. The lowest BCUT2D eigenvalue weighted by Crippen LogP contribution is -2.47. The predicted octanol–water partition coefficient (Wildman–Crippen LogP) is 3.56. The quantitative estimate of drug-likeness (QED) is 0.906. The summed E-state index contributed by atoms with van der Waals surface area (Å²) < 4.78 is 5.53. The van der Waals surface area contributed by atoms with E-state index in [1.165, 1.54) is 19.3 Å². The van der Waals surface area contributed by atoms with Gasteiger partial charge < -0.3 is 15.0 Å². The first kappa shape index (κ1) is 18.0. The molecule has 3 rings (SSSR count). The van der Waals surface area contributed by atoms with Gasteiger partial charge in [-0.1, -0.05) is 0 Å². The number of amides is 1. The minimum atomic E-state index is -0.419. The minimum Gasteiger partial charge on any atom is -0.444 e. The summed E-state index contributed by atoms with van der Waals surface area (Å²) in [6, 6.07) is 0. The van der Waals surface area contributed by atoms with Crippen molar-refractivity contribution in [2.75, 3.05) is 25.0 Å². The van der Waals surface area contributed by atoms with Gasteiger partial charge in [0.2, 0.25) is 0 Å². The lowest BCUT2D eigenvalue weighted by atomic mass is 9.71. The van der Waals surface area contributed by atoms with Crippen molar-refractivity contribution in [3.05, 3.63) is 18.6 Å². The molecule has 25 heavy (non-hydrogen) atoms. The number of aromatic nitrogens is 2. The maximum Gasteiger partial charge on any atom is 0.410 e. The van der Waals surface area contributed by atoms with Crippen LogP contribution in [0.4, 0.5) is 10.6 Å². The zero-order chi connectivity index (χ0) is 17.9. The van der Waals surface area contributed by atoms with Crippen LogP contribution in [0.15, 0.2) is 18.6 Å². The molecule has 0 radical (unpaired) electrons. The third kappa shape index (κ3) is 5.06. The van der Waals surface area contributed by atoms with Crippen LogP contribution in [0.3, 0.4) is 0 Å². The fraction of sp³-hybridized carbons (Fsp3) is 0.737. The van der Waals surface area contributed by atoms with Gasteiger partial charge in [0.05, 0.1) is 6.20 Å². The van der Waals surface area contributed by atoms with E-state index < -0.39 is 5.60 Å². The van der Waals surface area contributed by atoms with Crippen molar-refractivity contribution in [3.8, 4) is 0 Å². The number of ether oxygens (including phenoxy) is 1. The number of rotatable bonds is 3. The number of fused-ring (bicyclic) bond motifs is 1. The summed E-state index contributed by atoms with van der Waals surface area (Å²) >= 11 is 0. The Hall–Kier alpha value is -1.85. The molecular formula is C19H30N4O2. The van der Waals surface area contributed by atoms with Gasteiger partial charge in [-0.15, -0.1) is 0 Å². The molecule has 1 amide bonds. The number of nitrogens with one attached hydrogen (secondary N) is 1. The summed E-state index contributed by atoms with van der Waals surface area (Å²) in [5, 5.41) is 3.40. The molecular weight excluding hydrogens is 316 g/mol. The molecule has 1 aliphatic carbocycles. The lowest BCUT2D eigenvalue weighted by molar-refractivity contribution is 0.00244. The Labute approximate surface area is 150 Å². The van der Waals surface area contributed by atoms with Gasteiger partial charge in [0.1, 0.15) is 11.4 Å². The molecule has 0 bridgehead atoms. The van der Waals surface area contributed by atoms with Crippen molar-refractivity contribution in [2.45, 2.75) is 52.1 Å². The van der Waals surface area contributed by atoms with Gasteiger partial charge in [0.25, 0.3) is 0 Å². The third-order valence-corrected chi connectivity index (χ3v) is 5.26. The first-order chi connectivity index (χ1) is 11.9. The molecule has 1 aromatic rings. The van der Waals surface area contributed by atoms with Crippen LogP contribution < -0.4 is 5.32 Å². The molecule has 1 aliphatic heterocycles. The number of hydrogen-bond acceptors (Lipinski definition) is 5. The van der Waals surface area contributed by atoms with Crippen molar-refractivity contribution in [2.24, 2.45) is 17.8 Å². The molecule has 1 saturated carbocycles. The van der Waals surface area contributed by atoms with Crippen molar-refractivity contribution in [1.29, 1.82) is 0 Å². The van der Waals surface area contributed by atoms with Crippen molar-refractivity contribution >= 4 is 11.9 Å². The van der Waals surface area contributed by atoms with E-state index >= 15 is 0 Å². The molecule has 1 saturated heterocycles. The molecule has 3 unspecified atom stereocenters. The molecule has 2 heterocycles. The first-order valence-electron chi connectivity index (χ1n) is 9.38. The highest BCUT2D eigenvalue weighted by molar-refractivity contribution is 5.68. The molecule has 1 N–H and O–H groups in total. The highest BCUT2D eigenvalue weighted by Crippen LogP contribution is 2.39. The average molecular weight is 346 g/mol. The van der Waals surface area contributed by atoms with Gasteiger partial charge in [-0.25, -0.2) is 9.78 Å². The van der Waals surface area contributed by atoms with E-state index in [9.17, 15) is 4.79 Å². The maximum absolute atomic E-state index is 12.3. The van der Waals surface area contributed by atoms with Crippen LogP contribution in [0, 0.1) is 17.8 Å². The average Bonchev–Trinajstić information content (AvgIpc) is 2.59. The summed E-state index contributed by atoms with van der Waals surface area (Å²) in [6.45, 7) is 8.40. The highest BCUT2D eigenvalue weighted by atomic mass is 16.6. The molecule has 6 nitrogen and oxygen atoms in total. The minimum absolute atomic E-state index is 0.155. The molecule has 6 heteroatoms. The number of piperidine rings is 1. The molecule has 0 spiro atoms. The normalized spacial score (nSPS) is 26.7. The summed E-state index contributed by atoms with van der Waals surface area (Å²) in [7, 11) is 0. The summed E-state index contributed by atoms with van der Waals surface area (Å²) in [4.78, 5) is 22.6. The largest absolute Gasteiger partial charge is 0.444 e. The molecule has 138 valence electrons. The van der Waals surface area contributed by atoms with E-state index in [-0.39, 0.29) is 6.09 Å². The van der Waals surface area contributed by atoms with E-state index in [1.807, 2.05) is 25.7 Å². The van der Waals surface area contributed by atoms with E-state index in [2.05, 4.69) is 15.3 Å². The third-order valence-electron chi connectivity index (χ3n) is 5.26. The second-order valence-electron chi connectivity index (χ2n) is 8.39. The van der Waals surface area contributed by atoms with E-state index in [0.29, 0.717) is 11.8 Å². The van der Waals surface area contributed by atoms with Crippen LogP contribution in [0.1, 0.15) is 46.5 Å². The first-order valence-corrected chi connectivity index (χ1v) is 9.38. The van der Waals surface area contributed by atoms with Crippen LogP contribution in [0.5, 0.6) is 0 Å². The number of hydrogen-bond donors (Lipinski definition) is 1. The zero-order valence-electron chi connectivity index (χ0n) is 15.6. The Kier molecular flexibility index (Phi) is 5.45. The van der Waals surface area contributed by atoms with Gasteiger partial charge >= 0.3 is 6.09 Å². The fourth-order valence-electron chi connectivity index (χ4n) is 4.03. The van der Waals surface area contributed by atoms with E-state index in [1.54, 1.807) is 18.6 Å². The Morgan fingerprint density at radius 1 is 1.28 bits per heavy atom.